The molecular formula is C25H21NO5. The van der Waals surface area contributed by atoms with E-state index >= 15 is 0 Å². The topological polar surface area (TPSA) is 81.7 Å². The van der Waals surface area contributed by atoms with Crippen LogP contribution in [0, 0.1) is 0 Å². The number of carbonyl (C=O) groups excluding carboxylic acids is 3. The standard InChI is InChI=1S/C25H21NO5/c1-16-20-13-18(11-12-21(20)26-24(16)28)22(27)15-31-25(29)19-9-5-6-10-23(19)30-14-17-7-3-2-4-8-17/h2-13,16H,14-15H2,1H3,(H,26,28)/t16-/m0/s1. The molecular weight excluding hydrogens is 394 g/mol. The van der Waals surface area contributed by atoms with E-state index in [2.05, 4.69) is 5.32 Å². The molecule has 156 valence electrons. The van der Waals surface area contributed by atoms with Gasteiger partial charge in [-0.2, -0.15) is 0 Å². The molecule has 1 atom stereocenters. The van der Waals surface area contributed by atoms with Gasteiger partial charge in [-0.25, -0.2) is 4.79 Å². The Morgan fingerprint density at radius 2 is 1.71 bits per heavy atom. The molecule has 0 spiro atoms. The fourth-order valence-electron chi connectivity index (χ4n) is 3.38. The number of rotatable bonds is 7. The van der Waals surface area contributed by atoms with Gasteiger partial charge in [0.1, 0.15) is 17.9 Å². The summed E-state index contributed by atoms with van der Waals surface area (Å²) in [6.45, 7) is 1.69. The lowest BCUT2D eigenvalue weighted by molar-refractivity contribution is -0.116. The number of Topliss-reactive ketones (excluding diaryl/α,β-unsaturated/α-hetero) is 1. The summed E-state index contributed by atoms with van der Waals surface area (Å²) in [5.74, 6) is -1.01. The summed E-state index contributed by atoms with van der Waals surface area (Å²) in [5, 5.41) is 2.77. The summed E-state index contributed by atoms with van der Waals surface area (Å²) in [6.07, 6.45) is 0. The lowest BCUT2D eigenvalue weighted by Gasteiger charge is -2.11. The molecule has 0 aliphatic carbocycles. The second kappa shape index (κ2) is 8.83. The first-order chi connectivity index (χ1) is 15.0. The first-order valence-electron chi connectivity index (χ1n) is 9.94. The summed E-state index contributed by atoms with van der Waals surface area (Å²) in [4.78, 5) is 36.9. The van der Waals surface area contributed by atoms with Gasteiger partial charge in [0.2, 0.25) is 5.91 Å². The van der Waals surface area contributed by atoms with Crippen LogP contribution in [0.25, 0.3) is 0 Å². The molecule has 0 aromatic heterocycles. The molecule has 6 nitrogen and oxygen atoms in total. The van der Waals surface area contributed by atoms with Gasteiger partial charge >= 0.3 is 5.97 Å². The quantitative estimate of drug-likeness (QED) is 0.458. The highest BCUT2D eigenvalue weighted by Gasteiger charge is 2.27. The van der Waals surface area contributed by atoms with Gasteiger partial charge in [-0.05, 0) is 48.4 Å². The average Bonchev–Trinajstić information content (AvgIpc) is 3.09. The predicted octanol–water partition coefficient (Wildman–Crippen LogP) is 4.36. The summed E-state index contributed by atoms with van der Waals surface area (Å²) in [6, 6.07) is 21.3. The number of hydrogen-bond acceptors (Lipinski definition) is 5. The molecule has 0 radical (unpaired) electrons. The van der Waals surface area contributed by atoms with Crippen LogP contribution >= 0.6 is 0 Å². The zero-order valence-corrected chi connectivity index (χ0v) is 17.0. The minimum absolute atomic E-state index is 0.0989. The number of ketones is 1. The van der Waals surface area contributed by atoms with Crippen LogP contribution in [0.1, 0.15) is 44.7 Å². The monoisotopic (exact) mass is 415 g/mol. The minimum atomic E-state index is -0.636. The van der Waals surface area contributed by atoms with Gasteiger partial charge in [0.15, 0.2) is 12.4 Å². The van der Waals surface area contributed by atoms with Gasteiger partial charge in [-0.3, -0.25) is 9.59 Å². The Balaban J connectivity index is 1.40. The van der Waals surface area contributed by atoms with Crippen molar-refractivity contribution in [3.05, 3.63) is 95.1 Å². The minimum Gasteiger partial charge on any atom is -0.488 e. The molecule has 6 heteroatoms. The van der Waals surface area contributed by atoms with Gasteiger partial charge in [0, 0.05) is 11.3 Å². The van der Waals surface area contributed by atoms with Gasteiger partial charge < -0.3 is 14.8 Å². The highest BCUT2D eigenvalue weighted by molar-refractivity contribution is 6.05. The van der Waals surface area contributed by atoms with Crippen molar-refractivity contribution in [1.29, 1.82) is 0 Å². The Labute approximate surface area is 179 Å². The van der Waals surface area contributed by atoms with Crippen molar-refractivity contribution in [1.82, 2.24) is 0 Å². The maximum absolute atomic E-state index is 12.6. The first kappa shape index (κ1) is 20.3. The van der Waals surface area contributed by atoms with Crippen LogP contribution in [0.15, 0.2) is 72.8 Å². The molecule has 1 aliphatic rings. The van der Waals surface area contributed by atoms with E-state index in [4.69, 9.17) is 9.47 Å². The van der Waals surface area contributed by atoms with E-state index in [1.807, 2.05) is 30.3 Å². The highest BCUT2D eigenvalue weighted by atomic mass is 16.5. The van der Waals surface area contributed by atoms with Gasteiger partial charge in [-0.15, -0.1) is 0 Å². The number of ether oxygens (including phenoxy) is 2. The van der Waals surface area contributed by atoms with Crippen molar-refractivity contribution >= 4 is 23.3 Å². The number of anilines is 1. The molecule has 4 rings (SSSR count). The maximum atomic E-state index is 12.6. The third kappa shape index (κ3) is 4.48. The van der Waals surface area contributed by atoms with Gasteiger partial charge in [0.25, 0.3) is 0 Å². The smallest absolute Gasteiger partial charge is 0.342 e. The second-order valence-electron chi connectivity index (χ2n) is 7.28. The fraction of sp³-hybridized carbons (Fsp3) is 0.160. The van der Waals surface area contributed by atoms with E-state index in [1.54, 1.807) is 49.4 Å². The molecule has 1 amide bonds. The van der Waals surface area contributed by atoms with E-state index < -0.39 is 12.6 Å². The average molecular weight is 415 g/mol. The number of benzene rings is 3. The second-order valence-corrected chi connectivity index (χ2v) is 7.28. The lowest BCUT2D eigenvalue weighted by atomic mass is 9.99. The number of fused-ring (bicyclic) bond motifs is 1. The van der Waals surface area contributed by atoms with E-state index in [0.717, 1.165) is 11.1 Å². The maximum Gasteiger partial charge on any atom is 0.342 e. The molecule has 0 saturated carbocycles. The van der Waals surface area contributed by atoms with Crippen LogP contribution in [0.4, 0.5) is 5.69 Å². The highest BCUT2D eigenvalue weighted by Crippen LogP contribution is 2.32. The van der Waals surface area contributed by atoms with E-state index in [1.165, 1.54) is 0 Å². The molecule has 31 heavy (non-hydrogen) atoms. The van der Waals surface area contributed by atoms with E-state index in [0.29, 0.717) is 23.6 Å². The SMILES string of the molecule is C[C@@H]1C(=O)Nc2ccc(C(=O)COC(=O)c3ccccc3OCc3ccccc3)cc21. The van der Waals surface area contributed by atoms with Crippen molar-refractivity contribution < 1.29 is 23.9 Å². The van der Waals surface area contributed by atoms with Crippen molar-refractivity contribution in [3.63, 3.8) is 0 Å². The number of hydrogen-bond donors (Lipinski definition) is 1. The molecule has 0 unspecified atom stereocenters. The lowest BCUT2D eigenvalue weighted by Crippen LogP contribution is -2.15. The zero-order valence-electron chi connectivity index (χ0n) is 17.0. The Hall–Kier alpha value is -3.93. The summed E-state index contributed by atoms with van der Waals surface area (Å²) in [5.41, 5.74) is 3.09. The van der Waals surface area contributed by atoms with Crippen molar-refractivity contribution in [2.24, 2.45) is 0 Å². The molecule has 3 aromatic rings. The zero-order chi connectivity index (χ0) is 21.8. The van der Waals surface area contributed by atoms with Crippen LogP contribution in [-0.4, -0.2) is 24.3 Å². The molecule has 1 aliphatic heterocycles. The van der Waals surface area contributed by atoms with Crippen LogP contribution in [0.2, 0.25) is 0 Å². The van der Waals surface area contributed by atoms with Crippen LogP contribution < -0.4 is 10.1 Å². The number of esters is 1. The third-order valence-corrected chi connectivity index (χ3v) is 5.17. The predicted molar refractivity (Wildman–Crippen MR) is 115 cm³/mol. The Morgan fingerprint density at radius 3 is 2.52 bits per heavy atom. The molecule has 3 aromatic carbocycles. The number of carbonyl (C=O) groups is 3. The summed E-state index contributed by atoms with van der Waals surface area (Å²) >= 11 is 0. The fourth-order valence-corrected chi connectivity index (χ4v) is 3.38. The Morgan fingerprint density at radius 1 is 0.968 bits per heavy atom. The largest absolute Gasteiger partial charge is 0.488 e. The molecule has 0 saturated heterocycles. The number of amides is 1. The molecule has 1 heterocycles. The summed E-state index contributed by atoms with van der Waals surface area (Å²) < 4.78 is 11.0. The van der Waals surface area contributed by atoms with Gasteiger partial charge in [-0.1, -0.05) is 42.5 Å². The summed E-state index contributed by atoms with van der Waals surface area (Å²) in [7, 11) is 0. The normalized spacial score (nSPS) is 14.5. The molecule has 0 bridgehead atoms. The third-order valence-electron chi connectivity index (χ3n) is 5.17. The molecule has 1 N–H and O–H groups in total. The van der Waals surface area contributed by atoms with Crippen molar-refractivity contribution in [2.45, 2.75) is 19.4 Å². The Kier molecular flexibility index (Phi) is 5.80. The van der Waals surface area contributed by atoms with E-state index in [9.17, 15) is 14.4 Å². The first-order valence-corrected chi connectivity index (χ1v) is 9.94. The van der Waals surface area contributed by atoms with Crippen LogP contribution in [-0.2, 0) is 16.1 Å². The van der Waals surface area contributed by atoms with Gasteiger partial charge in [0.05, 0.1) is 5.92 Å². The van der Waals surface area contributed by atoms with Crippen LogP contribution in [0.3, 0.4) is 0 Å². The number of para-hydroxylation sites is 1. The van der Waals surface area contributed by atoms with E-state index in [-0.39, 0.29) is 23.2 Å². The Bertz CT molecular complexity index is 1140. The number of nitrogens with one attached hydrogen (secondary N) is 1. The van der Waals surface area contributed by atoms with Crippen molar-refractivity contribution in [2.75, 3.05) is 11.9 Å². The van der Waals surface area contributed by atoms with Crippen molar-refractivity contribution in [3.8, 4) is 5.75 Å². The molecule has 0 fully saturated rings. The van der Waals surface area contributed by atoms with Crippen LogP contribution in [0.5, 0.6) is 5.75 Å².